The Balaban J connectivity index is 2.04. The van der Waals surface area contributed by atoms with Crippen LogP contribution in [0.25, 0.3) is 0 Å². The molecule has 0 bridgehead atoms. The van der Waals surface area contributed by atoms with Crippen molar-refractivity contribution in [3.05, 3.63) is 23.4 Å². The van der Waals surface area contributed by atoms with Crippen LogP contribution in [0, 0.1) is 5.92 Å². The summed E-state index contributed by atoms with van der Waals surface area (Å²) >= 11 is 0. The number of aryl methyl sites for hydroxylation is 1. The molecule has 0 saturated heterocycles. The molecule has 2 N–H and O–H groups in total. The van der Waals surface area contributed by atoms with Gasteiger partial charge in [-0.2, -0.15) is 0 Å². The summed E-state index contributed by atoms with van der Waals surface area (Å²) in [5.74, 6) is 1.52. The van der Waals surface area contributed by atoms with Crippen LogP contribution in [0.3, 0.4) is 0 Å². The summed E-state index contributed by atoms with van der Waals surface area (Å²) in [7, 11) is 0. The Bertz CT molecular complexity index is 463. The zero-order valence-electron chi connectivity index (χ0n) is 13.4. The smallest absolute Gasteiger partial charge is 0.251 e. The molecular weight excluding hydrogens is 262 g/mol. The second kappa shape index (κ2) is 7.43. The highest BCUT2D eigenvalue weighted by Crippen LogP contribution is 2.34. The largest absolute Gasteiger partial charge is 0.370 e. The van der Waals surface area contributed by atoms with E-state index in [9.17, 15) is 4.79 Å². The van der Waals surface area contributed by atoms with E-state index in [1.165, 1.54) is 12.8 Å². The van der Waals surface area contributed by atoms with Crippen molar-refractivity contribution in [2.75, 3.05) is 11.9 Å². The Kier molecular flexibility index (Phi) is 5.59. The second-order valence-electron chi connectivity index (χ2n) is 5.88. The molecule has 1 aliphatic carbocycles. The van der Waals surface area contributed by atoms with E-state index < -0.39 is 0 Å². The first-order valence-corrected chi connectivity index (χ1v) is 8.23. The fourth-order valence-corrected chi connectivity index (χ4v) is 2.74. The maximum atomic E-state index is 12.4. The van der Waals surface area contributed by atoms with E-state index in [2.05, 4.69) is 29.5 Å². The fraction of sp³-hybridized carbons (Fsp3) is 0.647. The van der Waals surface area contributed by atoms with Crippen molar-refractivity contribution in [3.8, 4) is 0 Å². The van der Waals surface area contributed by atoms with Gasteiger partial charge < -0.3 is 10.6 Å². The molecule has 4 nitrogen and oxygen atoms in total. The molecular formula is C17H27N3O. The van der Waals surface area contributed by atoms with Crippen molar-refractivity contribution in [1.29, 1.82) is 0 Å². The first kappa shape index (κ1) is 15.8. The number of nitrogens with one attached hydrogen (secondary N) is 2. The molecule has 1 fully saturated rings. The van der Waals surface area contributed by atoms with Crippen molar-refractivity contribution >= 4 is 11.7 Å². The molecule has 2 rings (SSSR count). The molecule has 21 heavy (non-hydrogen) atoms. The number of pyridine rings is 1. The maximum Gasteiger partial charge on any atom is 0.251 e. The summed E-state index contributed by atoms with van der Waals surface area (Å²) in [4.78, 5) is 16.9. The van der Waals surface area contributed by atoms with Gasteiger partial charge >= 0.3 is 0 Å². The predicted octanol–water partition coefficient (Wildman–Crippen LogP) is 3.38. The van der Waals surface area contributed by atoms with Gasteiger partial charge in [0.25, 0.3) is 5.91 Å². The van der Waals surface area contributed by atoms with Gasteiger partial charge in [0, 0.05) is 23.8 Å². The van der Waals surface area contributed by atoms with Gasteiger partial charge in [-0.05, 0) is 44.2 Å². The number of hydrogen-bond donors (Lipinski definition) is 2. The van der Waals surface area contributed by atoms with Crippen LogP contribution in [0.1, 0.15) is 62.5 Å². The van der Waals surface area contributed by atoms with Crippen LogP contribution in [-0.4, -0.2) is 23.5 Å². The number of carbonyl (C=O) groups is 1. The number of hydrogen-bond acceptors (Lipinski definition) is 3. The first-order chi connectivity index (χ1) is 10.2. The zero-order valence-corrected chi connectivity index (χ0v) is 13.4. The maximum absolute atomic E-state index is 12.4. The topological polar surface area (TPSA) is 54.0 Å². The summed E-state index contributed by atoms with van der Waals surface area (Å²) in [5, 5.41) is 6.36. The number of nitrogens with zero attached hydrogens (tertiary/aromatic N) is 1. The van der Waals surface area contributed by atoms with Gasteiger partial charge in [-0.25, -0.2) is 4.98 Å². The van der Waals surface area contributed by atoms with Gasteiger partial charge in [0.2, 0.25) is 0 Å². The van der Waals surface area contributed by atoms with Gasteiger partial charge in [-0.1, -0.05) is 26.7 Å². The molecule has 4 heteroatoms. The van der Waals surface area contributed by atoms with E-state index in [1.807, 2.05) is 19.1 Å². The average molecular weight is 289 g/mol. The minimum absolute atomic E-state index is 0.0394. The minimum Gasteiger partial charge on any atom is -0.370 e. The van der Waals surface area contributed by atoms with Crippen LogP contribution in [0.5, 0.6) is 0 Å². The lowest BCUT2D eigenvalue weighted by Crippen LogP contribution is -2.27. The van der Waals surface area contributed by atoms with Gasteiger partial charge in [0.1, 0.15) is 5.82 Å². The van der Waals surface area contributed by atoms with E-state index in [0.29, 0.717) is 12.0 Å². The van der Waals surface area contributed by atoms with Crippen LogP contribution < -0.4 is 10.6 Å². The Morgan fingerprint density at radius 3 is 2.76 bits per heavy atom. The van der Waals surface area contributed by atoms with Crippen LogP contribution in [0.4, 0.5) is 5.82 Å². The van der Waals surface area contributed by atoms with Crippen LogP contribution in [0.15, 0.2) is 12.1 Å². The average Bonchev–Trinajstić information content (AvgIpc) is 3.17. The lowest BCUT2D eigenvalue weighted by molar-refractivity contribution is 0.0948. The molecule has 116 valence electrons. The fourth-order valence-electron chi connectivity index (χ4n) is 2.74. The van der Waals surface area contributed by atoms with Gasteiger partial charge in [0.15, 0.2) is 0 Å². The van der Waals surface area contributed by atoms with Crippen LogP contribution in [-0.2, 0) is 6.42 Å². The molecule has 1 heterocycles. The minimum atomic E-state index is 0.0394. The molecule has 0 aliphatic heterocycles. The standard InChI is InChI=1S/C17H27N3O/c1-4-7-12-10-15(12)20-17(21)13-9-14(8-5-2)19-16(11-13)18-6-3/h9,11-12,15H,4-8,10H2,1-3H3,(H,18,19)(H,20,21). The van der Waals surface area contributed by atoms with Crippen molar-refractivity contribution in [2.45, 2.75) is 58.9 Å². The van der Waals surface area contributed by atoms with Crippen LogP contribution >= 0.6 is 0 Å². The lowest BCUT2D eigenvalue weighted by atomic mass is 10.1. The first-order valence-electron chi connectivity index (χ1n) is 8.23. The Labute approximate surface area is 127 Å². The highest BCUT2D eigenvalue weighted by atomic mass is 16.1. The summed E-state index contributed by atoms with van der Waals surface area (Å²) in [6, 6.07) is 4.16. The van der Waals surface area contributed by atoms with Crippen LogP contribution in [0.2, 0.25) is 0 Å². The summed E-state index contributed by atoms with van der Waals surface area (Å²) in [6.07, 6.45) is 5.47. The second-order valence-corrected chi connectivity index (χ2v) is 5.88. The Morgan fingerprint density at radius 1 is 1.29 bits per heavy atom. The molecule has 2 unspecified atom stereocenters. The normalized spacial score (nSPS) is 20.1. The number of amides is 1. The van der Waals surface area contributed by atoms with Crippen molar-refractivity contribution in [1.82, 2.24) is 10.3 Å². The molecule has 0 aromatic carbocycles. The molecule has 1 aromatic rings. The van der Waals surface area contributed by atoms with Gasteiger partial charge in [-0.3, -0.25) is 4.79 Å². The highest BCUT2D eigenvalue weighted by Gasteiger charge is 2.37. The third-order valence-electron chi connectivity index (χ3n) is 3.90. The summed E-state index contributed by atoms with van der Waals surface area (Å²) < 4.78 is 0. The predicted molar refractivity (Wildman–Crippen MR) is 86.7 cm³/mol. The SMILES string of the molecule is CCCc1cc(C(=O)NC2CC2CCC)cc(NCC)n1. The monoisotopic (exact) mass is 289 g/mol. The van der Waals surface area contributed by atoms with E-state index in [0.717, 1.165) is 42.9 Å². The molecule has 2 atom stereocenters. The highest BCUT2D eigenvalue weighted by molar-refractivity contribution is 5.95. The molecule has 1 saturated carbocycles. The van der Waals surface area contributed by atoms with Gasteiger partial charge in [-0.15, -0.1) is 0 Å². The molecule has 1 aliphatic rings. The Hall–Kier alpha value is -1.58. The van der Waals surface area contributed by atoms with Crippen molar-refractivity contribution in [2.24, 2.45) is 5.92 Å². The summed E-state index contributed by atoms with van der Waals surface area (Å²) in [5.41, 5.74) is 1.72. The quantitative estimate of drug-likeness (QED) is 0.771. The molecule has 0 radical (unpaired) electrons. The number of rotatable bonds is 8. The molecule has 1 amide bonds. The van der Waals surface area contributed by atoms with Crippen molar-refractivity contribution in [3.63, 3.8) is 0 Å². The molecule has 0 spiro atoms. The third-order valence-corrected chi connectivity index (χ3v) is 3.90. The summed E-state index contributed by atoms with van der Waals surface area (Å²) in [6.45, 7) is 7.17. The number of carbonyl (C=O) groups excluding carboxylic acids is 1. The van der Waals surface area contributed by atoms with E-state index in [1.54, 1.807) is 0 Å². The molecule has 1 aromatic heterocycles. The van der Waals surface area contributed by atoms with Crippen molar-refractivity contribution < 1.29 is 4.79 Å². The zero-order chi connectivity index (χ0) is 15.2. The van der Waals surface area contributed by atoms with E-state index in [-0.39, 0.29) is 5.91 Å². The number of aromatic nitrogens is 1. The van der Waals surface area contributed by atoms with E-state index in [4.69, 9.17) is 0 Å². The third kappa shape index (κ3) is 4.45. The van der Waals surface area contributed by atoms with Gasteiger partial charge in [0.05, 0.1) is 0 Å². The Morgan fingerprint density at radius 2 is 2.10 bits per heavy atom. The van der Waals surface area contributed by atoms with E-state index >= 15 is 0 Å². The lowest BCUT2D eigenvalue weighted by Gasteiger charge is -2.10. The number of anilines is 1.